The van der Waals surface area contributed by atoms with Gasteiger partial charge in [0.15, 0.2) is 5.13 Å². The number of sulfonamides is 1. The molecule has 1 aliphatic rings. The zero-order valence-electron chi connectivity index (χ0n) is 20.2. The maximum Gasteiger partial charge on any atom is 0.247 e. The number of rotatable bonds is 8. The molecule has 1 aromatic heterocycles. The number of fused-ring (bicyclic) bond motifs is 1. The lowest BCUT2D eigenvalue weighted by atomic mass is 10.1. The summed E-state index contributed by atoms with van der Waals surface area (Å²) in [6.45, 7) is 5.45. The highest BCUT2D eigenvalue weighted by atomic mass is 32.2. The van der Waals surface area contributed by atoms with Crippen molar-refractivity contribution in [1.82, 2.24) is 14.2 Å². The molecule has 0 N–H and O–H groups in total. The zero-order valence-corrected chi connectivity index (χ0v) is 21.8. The van der Waals surface area contributed by atoms with E-state index in [2.05, 4.69) is 13.0 Å². The number of thiazole rings is 1. The van der Waals surface area contributed by atoms with Crippen LogP contribution in [0.1, 0.15) is 30.9 Å². The van der Waals surface area contributed by atoms with Crippen LogP contribution in [0.3, 0.4) is 0 Å². The van der Waals surface area contributed by atoms with Gasteiger partial charge in [0.1, 0.15) is 6.04 Å². The van der Waals surface area contributed by atoms with Crippen LogP contribution >= 0.6 is 11.3 Å². The summed E-state index contributed by atoms with van der Waals surface area (Å²) in [4.78, 5) is 22.7. The summed E-state index contributed by atoms with van der Waals surface area (Å²) in [6.07, 6.45) is 2.02. The summed E-state index contributed by atoms with van der Waals surface area (Å²) < 4.78 is 29.3. The molecule has 0 spiro atoms. The van der Waals surface area contributed by atoms with Crippen LogP contribution in [0.25, 0.3) is 10.2 Å². The number of hydrogen-bond donors (Lipinski definition) is 0. The average Bonchev–Trinajstić information content (AvgIpc) is 3.47. The van der Waals surface area contributed by atoms with Crippen molar-refractivity contribution < 1.29 is 13.2 Å². The van der Waals surface area contributed by atoms with Gasteiger partial charge in [-0.1, -0.05) is 48.1 Å². The fraction of sp³-hybridized carbons (Fsp3) is 0.440. The predicted octanol–water partition coefficient (Wildman–Crippen LogP) is 3.92. The first-order valence-electron chi connectivity index (χ1n) is 11.7. The molecule has 1 fully saturated rings. The van der Waals surface area contributed by atoms with Crippen LogP contribution < -0.4 is 4.90 Å². The molecule has 2 heterocycles. The first kappa shape index (κ1) is 24.8. The predicted molar refractivity (Wildman–Crippen MR) is 138 cm³/mol. The molecule has 9 heteroatoms. The lowest BCUT2D eigenvalue weighted by molar-refractivity contribution is -0.121. The van der Waals surface area contributed by atoms with Crippen LogP contribution in [0.15, 0.2) is 47.4 Å². The highest BCUT2D eigenvalue weighted by Gasteiger charge is 2.42. The van der Waals surface area contributed by atoms with Crippen molar-refractivity contribution in [3.05, 3.63) is 53.6 Å². The molecule has 182 valence electrons. The number of para-hydroxylation sites is 1. The summed E-state index contributed by atoms with van der Waals surface area (Å²) in [5.74, 6) is -0.202. The van der Waals surface area contributed by atoms with E-state index in [0.29, 0.717) is 37.6 Å². The Morgan fingerprint density at radius 2 is 1.88 bits per heavy atom. The van der Waals surface area contributed by atoms with Gasteiger partial charge in [-0.2, -0.15) is 4.31 Å². The number of nitrogens with zero attached hydrogens (tertiary/aromatic N) is 4. The number of hydrogen-bond acceptors (Lipinski definition) is 6. The average molecular weight is 501 g/mol. The zero-order chi connectivity index (χ0) is 24.5. The number of carbonyl (C=O) groups is 1. The van der Waals surface area contributed by atoms with Crippen LogP contribution in [0.5, 0.6) is 0 Å². The first-order valence-corrected chi connectivity index (χ1v) is 13.9. The minimum absolute atomic E-state index is 0.202. The smallest absolute Gasteiger partial charge is 0.247 e. The van der Waals surface area contributed by atoms with Crippen LogP contribution in [0.2, 0.25) is 0 Å². The first-order chi connectivity index (χ1) is 16.2. The molecule has 1 saturated heterocycles. The Bertz CT molecular complexity index is 1270. The van der Waals surface area contributed by atoms with Gasteiger partial charge in [-0.25, -0.2) is 13.4 Å². The second-order valence-electron chi connectivity index (χ2n) is 8.99. The molecule has 3 aromatic rings. The SMILES string of the molecule is CCc1cccc2sc(N(CCN(C)C)C(=O)C3CCCN3S(=O)(=O)c3ccc(C)cc3)nc12. The molecular formula is C25H32N4O3S2. The monoisotopic (exact) mass is 500 g/mol. The fourth-order valence-electron chi connectivity index (χ4n) is 4.29. The number of benzene rings is 2. The van der Waals surface area contributed by atoms with E-state index < -0.39 is 16.1 Å². The Hall–Kier alpha value is -2.33. The molecule has 0 saturated carbocycles. The lowest BCUT2D eigenvalue weighted by Crippen LogP contribution is -2.49. The van der Waals surface area contributed by atoms with Crippen molar-refractivity contribution in [3.63, 3.8) is 0 Å². The van der Waals surface area contributed by atoms with Gasteiger partial charge in [0.05, 0.1) is 15.1 Å². The number of anilines is 1. The summed E-state index contributed by atoms with van der Waals surface area (Å²) in [5.41, 5.74) is 3.05. The van der Waals surface area contributed by atoms with Crippen molar-refractivity contribution >= 4 is 42.6 Å². The van der Waals surface area contributed by atoms with Crippen LogP contribution in [0, 0.1) is 6.92 Å². The Labute approximate surface area is 206 Å². The highest BCUT2D eigenvalue weighted by Crippen LogP contribution is 2.34. The van der Waals surface area contributed by atoms with Crippen LogP contribution in [-0.2, 0) is 21.2 Å². The molecule has 2 aromatic carbocycles. The van der Waals surface area contributed by atoms with Gasteiger partial charge in [0.25, 0.3) is 0 Å². The Kier molecular flexibility index (Phi) is 7.37. The molecule has 1 aliphatic heterocycles. The van der Waals surface area contributed by atoms with Crippen LogP contribution in [0.4, 0.5) is 5.13 Å². The number of likely N-dealkylation sites (N-methyl/N-ethyl adjacent to an activating group) is 1. The topological polar surface area (TPSA) is 73.8 Å². The summed E-state index contributed by atoms with van der Waals surface area (Å²) >= 11 is 1.49. The molecule has 0 aliphatic carbocycles. The maximum absolute atomic E-state index is 13.9. The fourth-order valence-corrected chi connectivity index (χ4v) is 6.99. The normalized spacial score (nSPS) is 17.0. The summed E-state index contributed by atoms with van der Waals surface area (Å²) in [5, 5.41) is 0.627. The third-order valence-electron chi connectivity index (χ3n) is 6.26. The number of aryl methyl sites for hydroxylation is 2. The third kappa shape index (κ3) is 4.88. The number of aromatic nitrogens is 1. The molecular weight excluding hydrogens is 468 g/mol. The van der Waals surface area contributed by atoms with E-state index in [9.17, 15) is 13.2 Å². The van der Waals surface area contributed by atoms with Gasteiger partial charge in [-0.05, 0) is 64.0 Å². The van der Waals surface area contributed by atoms with Gasteiger partial charge in [-0.15, -0.1) is 0 Å². The molecule has 1 amide bonds. The van der Waals surface area contributed by atoms with E-state index in [0.717, 1.165) is 27.8 Å². The molecule has 0 bridgehead atoms. The molecule has 4 rings (SSSR count). The van der Waals surface area contributed by atoms with Gasteiger partial charge >= 0.3 is 0 Å². The van der Waals surface area contributed by atoms with E-state index in [1.807, 2.05) is 38.1 Å². The van der Waals surface area contributed by atoms with Gasteiger partial charge in [0.2, 0.25) is 15.9 Å². The molecule has 7 nitrogen and oxygen atoms in total. The lowest BCUT2D eigenvalue weighted by Gasteiger charge is -2.29. The van der Waals surface area contributed by atoms with Crippen molar-refractivity contribution in [2.45, 2.75) is 44.0 Å². The van der Waals surface area contributed by atoms with E-state index in [1.165, 1.54) is 15.6 Å². The van der Waals surface area contributed by atoms with E-state index in [-0.39, 0.29) is 10.8 Å². The van der Waals surface area contributed by atoms with E-state index >= 15 is 0 Å². The van der Waals surface area contributed by atoms with E-state index in [4.69, 9.17) is 4.98 Å². The Morgan fingerprint density at radius 3 is 2.56 bits per heavy atom. The second kappa shape index (κ2) is 10.1. The van der Waals surface area contributed by atoms with Gasteiger partial charge < -0.3 is 4.90 Å². The van der Waals surface area contributed by atoms with Crippen molar-refractivity contribution in [1.29, 1.82) is 0 Å². The Morgan fingerprint density at radius 1 is 1.15 bits per heavy atom. The molecule has 0 radical (unpaired) electrons. The second-order valence-corrected chi connectivity index (χ2v) is 11.9. The van der Waals surface area contributed by atoms with Gasteiger partial charge in [0, 0.05) is 19.6 Å². The van der Waals surface area contributed by atoms with Crippen molar-refractivity contribution in [3.8, 4) is 0 Å². The number of amides is 1. The molecule has 34 heavy (non-hydrogen) atoms. The number of carbonyl (C=O) groups excluding carboxylic acids is 1. The minimum atomic E-state index is -3.77. The quantitative estimate of drug-likeness (QED) is 0.469. The maximum atomic E-state index is 13.9. The third-order valence-corrected chi connectivity index (χ3v) is 9.22. The van der Waals surface area contributed by atoms with E-state index in [1.54, 1.807) is 29.2 Å². The highest BCUT2D eigenvalue weighted by molar-refractivity contribution is 7.89. The Balaban J connectivity index is 1.69. The van der Waals surface area contributed by atoms with Crippen molar-refractivity contribution in [2.24, 2.45) is 0 Å². The standard InChI is InChI=1S/C25H32N4O3S2/c1-5-19-8-6-10-22-23(19)26-25(33-22)28(17-16-27(3)4)24(30)21-9-7-15-29(21)34(31,32)20-13-11-18(2)12-14-20/h6,8,10-14,21H,5,7,9,15-17H2,1-4H3. The summed E-state index contributed by atoms with van der Waals surface area (Å²) in [6, 6.07) is 12.2. The molecule has 1 atom stereocenters. The van der Waals surface area contributed by atoms with Crippen molar-refractivity contribution in [2.75, 3.05) is 38.6 Å². The minimum Gasteiger partial charge on any atom is -0.308 e. The van der Waals surface area contributed by atoms with Gasteiger partial charge in [-0.3, -0.25) is 9.69 Å². The van der Waals surface area contributed by atoms with Crippen LogP contribution in [-0.4, -0.2) is 68.3 Å². The summed E-state index contributed by atoms with van der Waals surface area (Å²) in [7, 11) is 0.143. The molecule has 1 unspecified atom stereocenters. The largest absolute Gasteiger partial charge is 0.308 e.